The summed E-state index contributed by atoms with van der Waals surface area (Å²) in [7, 11) is 0. The van der Waals surface area contributed by atoms with Crippen LogP contribution in [0, 0.1) is 0 Å². The van der Waals surface area contributed by atoms with E-state index in [9.17, 15) is 14.3 Å². The van der Waals surface area contributed by atoms with Gasteiger partial charge in [-0.15, -0.1) is 0 Å². The van der Waals surface area contributed by atoms with Crippen molar-refractivity contribution in [3.63, 3.8) is 0 Å². The fourth-order valence-corrected chi connectivity index (χ4v) is 3.56. The van der Waals surface area contributed by atoms with Crippen LogP contribution < -0.4 is 0 Å². The van der Waals surface area contributed by atoms with Crippen molar-refractivity contribution in [1.82, 2.24) is 4.90 Å². The second-order valence-electron chi connectivity index (χ2n) is 7.29. The Bertz CT molecular complexity index is 880. The number of amides is 1. The highest BCUT2D eigenvalue weighted by Crippen LogP contribution is 2.27. The van der Waals surface area contributed by atoms with Crippen LogP contribution in [-0.2, 0) is 22.6 Å². The third-order valence-corrected chi connectivity index (χ3v) is 5.21. The smallest absolute Gasteiger partial charge is 0.410 e. The summed E-state index contributed by atoms with van der Waals surface area (Å²) in [5, 5.41) is 13.6. The molecule has 164 valence electrons. The van der Waals surface area contributed by atoms with Gasteiger partial charge in [-0.2, -0.15) is 0 Å². The highest BCUT2D eigenvalue weighted by Gasteiger charge is 2.38. The van der Waals surface area contributed by atoms with Crippen LogP contribution in [0.2, 0.25) is 0 Å². The second kappa shape index (κ2) is 11.3. The van der Waals surface area contributed by atoms with Gasteiger partial charge in [0.25, 0.3) is 0 Å². The maximum atomic E-state index is 14.2. The summed E-state index contributed by atoms with van der Waals surface area (Å²) in [6.07, 6.45) is -2.15. The molecule has 0 radical (unpaired) electrons. The maximum absolute atomic E-state index is 14.2. The first kappa shape index (κ1) is 22.6. The topological polar surface area (TPSA) is 108 Å². The molecule has 0 saturated carbocycles. The van der Waals surface area contributed by atoms with E-state index in [0.29, 0.717) is 12.8 Å². The van der Waals surface area contributed by atoms with Crippen molar-refractivity contribution in [2.24, 2.45) is 5.11 Å². The van der Waals surface area contributed by atoms with E-state index in [2.05, 4.69) is 10.0 Å². The molecule has 1 aliphatic heterocycles. The summed E-state index contributed by atoms with van der Waals surface area (Å²) < 4.78 is 25.2. The molecular weight excluding hydrogens is 403 g/mol. The van der Waals surface area contributed by atoms with Gasteiger partial charge in [0.15, 0.2) is 6.29 Å². The fourth-order valence-electron chi connectivity index (χ4n) is 3.56. The lowest BCUT2D eigenvalue weighted by Crippen LogP contribution is -2.53. The first-order valence-electron chi connectivity index (χ1n) is 10.1. The molecule has 9 heteroatoms. The lowest BCUT2D eigenvalue weighted by molar-refractivity contribution is -0.189. The number of carbonyl (C=O) groups excluding carboxylic acids is 1. The van der Waals surface area contributed by atoms with Gasteiger partial charge < -0.3 is 14.6 Å². The monoisotopic (exact) mass is 428 g/mol. The third kappa shape index (κ3) is 6.18. The zero-order valence-corrected chi connectivity index (χ0v) is 17.0. The lowest BCUT2D eigenvalue weighted by Gasteiger charge is -2.39. The van der Waals surface area contributed by atoms with Crippen molar-refractivity contribution in [3.8, 4) is 0 Å². The third-order valence-electron chi connectivity index (χ3n) is 5.21. The summed E-state index contributed by atoms with van der Waals surface area (Å²) in [5.74, 6) is 0. The summed E-state index contributed by atoms with van der Waals surface area (Å²) in [6, 6.07) is 16.7. The van der Waals surface area contributed by atoms with Gasteiger partial charge >= 0.3 is 6.09 Å². The minimum atomic E-state index is -1.36. The Morgan fingerprint density at radius 3 is 2.42 bits per heavy atom. The number of aliphatic hydroxyl groups is 1. The van der Waals surface area contributed by atoms with Crippen molar-refractivity contribution in [2.45, 2.75) is 50.5 Å². The van der Waals surface area contributed by atoms with Gasteiger partial charge in [0.2, 0.25) is 0 Å². The molecule has 8 nitrogen and oxygen atoms in total. The first-order valence-corrected chi connectivity index (χ1v) is 10.1. The Morgan fingerprint density at radius 2 is 1.84 bits per heavy atom. The predicted octanol–water partition coefficient (Wildman–Crippen LogP) is 4.34. The number of nitrogens with zero attached hydrogens (tertiary/aromatic N) is 4. The van der Waals surface area contributed by atoms with Crippen LogP contribution in [0.25, 0.3) is 10.4 Å². The Morgan fingerprint density at radius 1 is 1.19 bits per heavy atom. The molecule has 1 amide bonds. The normalized spacial score (nSPS) is 21.5. The van der Waals surface area contributed by atoms with Crippen LogP contribution in [0.5, 0.6) is 0 Å². The summed E-state index contributed by atoms with van der Waals surface area (Å²) >= 11 is 0. The molecule has 31 heavy (non-hydrogen) atoms. The molecule has 0 bridgehead atoms. The Labute approximate surface area is 179 Å². The zero-order valence-electron chi connectivity index (χ0n) is 17.0. The van der Waals surface area contributed by atoms with Crippen LogP contribution in [-0.4, -0.2) is 47.3 Å². The van der Waals surface area contributed by atoms with E-state index in [4.69, 9.17) is 15.0 Å². The molecule has 2 aromatic carbocycles. The quantitative estimate of drug-likeness (QED) is 0.383. The van der Waals surface area contributed by atoms with E-state index in [0.717, 1.165) is 11.1 Å². The van der Waals surface area contributed by atoms with E-state index >= 15 is 0 Å². The van der Waals surface area contributed by atoms with E-state index in [1.54, 1.807) is 0 Å². The van der Waals surface area contributed by atoms with Crippen molar-refractivity contribution in [1.29, 1.82) is 0 Å². The Hall–Kier alpha value is -3.13. The average molecular weight is 428 g/mol. The van der Waals surface area contributed by atoms with Gasteiger partial charge in [0.1, 0.15) is 13.3 Å². The van der Waals surface area contributed by atoms with E-state index < -0.39 is 37.2 Å². The van der Waals surface area contributed by atoms with Crippen LogP contribution in [0.1, 0.15) is 24.0 Å². The minimum Gasteiger partial charge on any atom is -0.445 e. The number of azide groups is 1. The molecule has 2 aromatic rings. The largest absolute Gasteiger partial charge is 0.445 e. The predicted molar refractivity (Wildman–Crippen MR) is 111 cm³/mol. The number of rotatable bonds is 8. The fraction of sp³-hybridized carbons (Fsp3) is 0.409. The molecular formula is C22H25FN4O4. The van der Waals surface area contributed by atoms with Gasteiger partial charge in [-0.05, 0) is 29.5 Å². The van der Waals surface area contributed by atoms with Crippen molar-refractivity contribution >= 4 is 6.09 Å². The van der Waals surface area contributed by atoms with E-state index in [-0.39, 0.29) is 13.2 Å². The van der Waals surface area contributed by atoms with Gasteiger partial charge in [0.05, 0.1) is 18.2 Å². The molecule has 3 unspecified atom stereocenters. The number of aliphatic hydroxyl groups excluding tert-OH is 1. The standard InChI is InChI=1S/C22H25FN4O4/c23-13-19(20-12-11-18(25-26-24)21(28)31-20)27(14-16-7-3-1-4-8-16)22(29)30-15-17-9-5-2-6-10-17/h1-10,18-21,28H,11-15H2/t18?,19-,20?,21?/m1/s1. The number of alkyl halides is 1. The zero-order chi connectivity index (χ0) is 22.1. The summed E-state index contributed by atoms with van der Waals surface area (Å²) in [4.78, 5) is 17.0. The van der Waals surface area contributed by atoms with Gasteiger partial charge in [-0.1, -0.05) is 65.8 Å². The number of hydrogen-bond donors (Lipinski definition) is 1. The summed E-state index contributed by atoms with van der Waals surface area (Å²) in [6.45, 7) is -0.702. The highest BCUT2D eigenvalue weighted by atomic mass is 19.1. The molecule has 1 fully saturated rings. The van der Waals surface area contributed by atoms with Crippen LogP contribution >= 0.6 is 0 Å². The van der Waals surface area contributed by atoms with Gasteiger partial charge in [0, 0.05) is 11.5 Å². The highest BCUT2D eigenvalue weighted by molar-refractivity contribution is 5.68. The molecule has 0 aliphatic carbocycles. The average Bonchev–Trinajstić information content (AvgIpc) is 2.80. The van der Waals surface area contributed by atoms with Crippen LogP contribution in [0.4, 0.5) is 9.18 Å². The van der Waals surface area contributed by atoms with E-state index in [1.807, 2.05) is 60.7 Å². The number of halogens is 1. The SMILES string of the molecule is [N-]=[N+]=NC1CCC([C@@H](CF)N(Cc2ccccc2)C(=O)OCc2ccccc2)OC1O. The van der Waals surface area contributed by atoms with Crippen molar-refractivity contribution in [2.75, 3.05) is 6.67 Å². The minimum absolute atomic E-state index is 0.0527. The molecule has 4 atom stereocenters. The summed E-state index contributed by atoms with van der Waals surface area (Å²) in [5.41, 5.74) is 10.2. The van der Waals surface area contributed by atoms with Crippen LogP contribution in [0.3, 0.4) is 0 Å². The molecule has 1 aliphatic rings. The molecule has 1 saturated heterocycles. The van der Waals surface area contributed by atoms with Gasteiger partial charge in [-0.25, -0.2) is 9.18 Å². The van der Waals surface area contributed by atoms with Gasteiger partial charge in [-0.3, -0.25) is 4.90 Å². The Kier molecular flexibility index (Phi) is 8.23. The molecule has 0 aromatic heterocycles. The molecule has 1 heterocycles. The first-order chi connectivity index (χ1) is 15.1. The number of benzene rings is 2. The Balaban J connectivity index is 1.76. The number of hydrogen-bond acceptors (Lipinski definition) is 5. The van der Waals surface area contributed by atoms with Crippen molar-refractivity contribution in [3.05, 3.63) is 82.2 Å². The van der Waals surface area contributed by atoms with Crippen LogP contribution in [0.15, 0.2) is 65.8 Å². The molecule has 3 rings (SSSR count). The van der Waals surface area contributed by atoms with E-state index in [1.165, 1.54) is 4.90 Å². The lowest BCUT2D eigenvalue weighted by atomic mass is 9.98. The van der Waals surface area contributed by atoms with Crippen molar-refractivity contribution < 1.29 is 23.8 Å². The molecule has 1 N–H and O–H groups in total. The number of carbonyl (C=O) groups is 1. The maximum Gasteiger partial charge on any atom is 0.410 e. The second-order valence-corrected chi connectivity index (χ2v) is 7.29. The molecule has 0 spiro atoms. The number of ether oxygens (including phenoxy) is 2.